The number of phenolic OH excluding ortho intramolecular Hbond substituents is 4. The van der Waals surface area contributed by atoms with E-state index in [0.29, 0.717) is 32.9 Å². The molecular weight excluding hydrogens is 912 g/mol. The monoisotopic (exact) mass is 938 g/mol. The van der Waals surface area contributed by atoms with E-state index in [2.05, 4.69) is 84.7 Å². The predicted molar refractivity (Wildman–Crippen MR) is 201 cm³/mol. The van der Waals surface area contributed by atoms with Gasteiger partial charge in [0.2, 0.25) is 0 Å². The largest absolute Gasteiger partial charge is 0.507 e. The number of carbonyl (C=O) groups excluding carboxylic acids is 2. The first kappa shape index (κ1) is 38.7. The van der Waals surface area contributed by atoms with Crippen LogP contribution in [0.1, 0.15) is 22.3 Å². The SMILES string of the molecule is O=C(NCCc1ccc(O)c(Br)c1)/C(Cc1cc(Br)c(O)c(-c2cc(C/C(=N\O)C(=O)NCCc3ccc(O)c(Br)c3)cc(Br)c2O)c1)=N/O. The Morgan fingerprint density at radius 2 is 0.900 bits per heavy atom. The Morgan fingerprint density at radius 1 is 0.540 bits per heavy atom. The fraction of sp³-hybridized carbons (Fsp3) is 0.176. The summed E-state index contributed by atoms with van der Waals surface area (Å²) in [5.74, 6) is -1.50. The van der Waals surface area contributed by atoms with Crippen molar-refractivity contribution in [2.75, 3.05) is 13.1 Å². The molecule has 2 amide bonds. The van der Waals surface area contributed by atoms with Gasteiger partial charge in [-0.05, 0) is 147 Å². The standard InChI is InChI=1S/C34H30Br4N4O8/c35-23-11-17(1-3-29(23)43)5-7-39-33(47)27(41-49)15-19-9-21(31(45)25(37)13-19)22-10-20(14-26(38)32(22)46)16-28(42-50)34(48)40-8-6-18-2-4-30(44)24(36)12-18/h1-4,9-14,43-46,49-50H,5-8,15-16H2,(H,39,47)(H,40,48)/b41-27+,42-28+. The highest BCUT2D eigenvalue weighted by atomic mass is 79.9. The summed E-state index contributed by atoms with van der Waals surface area (Å²) in [5, 5.41) is 72.4. The van der Waals surface area contributed by atoms with E-state index >= 15 is 0 Å². The zero-order chi connectivity index (χ0) is 36.5. The normalized spacial score (nSPS) is 11.8. The molecule has 4 aromatic carbocycles. The first-order valence-corrected chi connectivity index (χ1v) is 17.9. The minimum Gasteiger partial charge on any atom is -0.507 e. The van der Waals surface area contributed by atoms with Crippen LogP contribution >= 0.6 is 63.7 Å². The van der Waals surface area contributed by atoms with E-state index in [4.69, 9.17) is 0 Å². The molecular formula is C34H30Br4N4O8. The maximum Gasteiger partial charge on any atom is 0.269 e. The molecule has 0 heterocycles. The van der Waals surface area contributed by atoms with E-state index in [1.54, 1.807) is 36.4 Å². The van der Waals surface area contributed by atoms with Crippen LogP contribution in [0.3, 0.4) is 0 Å². The molecule has 4 rings (SSSR count). The van der Waals surface area contributed by atoms with Gasteiger partial charge < -0.3 is 41.5 Å². The van der Waals surface area contributed by atoms with Crippen molar-refractivity contribution in [1.82, 2.24) is 10.6 Å². The predicted octanol–water partition coefficient (Wildman–Crippen LogP) is 6.69. The van der Waals surface area contributed by atoms with Gasteiger partial charge in [0.05, 0.1) is 17.9 Å². The Hall–Kier alpha value is -4.12. The van der Waals surface area contributed by atoms with E-state index in [1.807, 2.05) is 0 Å². The lowest BCUT2D eigenvalue weighted by atomic mass is 9.95. The number of amides is 2. The van der Waals surface area contributed by atoms with Crippen molar-refractivity contribution in [2.24, 2.45) is 10.3 Å². The second kappa shape index (κ2) is 17.7. The quantitative estimate of drug-likeness (QED) is 0.0411. The van der Waals surface area contributed by atoms with Crippen LogP contribution < -0.4 is 10.6 Å². The Morgan fingerprint density at radius 3 is 1.24 bits per heavy atom. The molecule has 0 unspecified atom stereocenters. The summed E-state index contributed by atoms with van der Waals surface area (Å²) in [6, 6.07) is 16.1. The summed E-state index contributed by atoms with van der Waals surface area (Å²) in [4.78, 5) is 25.7. The number of carbonyl (C=O) groups is 2. The second-order valence-electron chi connectivity index (χ2n) is 11.0. The third kappa shape index (κ3) is 9.99. The summed E-state index contributed by atoms with van der Waals surface area (Å²) in [7, 11) is 0. The number of rotatable bonds is 13. The van der Waals surface area contributed by atoms with Crippen LogP contribution in [0.4, 0.5) is 0 Å². The molecule has 0 fully saturated rings. The highest BCUT2D eigenvalue weighted by Crippen LogP contribution is 2.44. The van der Waals surface area contributed by atoms with E-state index < -0.39 is 11.8 Å². The van der Waals surface area contributed by atoms with E-state index in [1.165, 1.54) is 24.3 Å². The van der Waals surface area contributed by atoms with E-state index in [9.17, 15) is 40.4 Å². The molecule has 0 radical (unpaired) electrons. The number of aromatic hydroxyl groups is 4. The van der Waals surface area contributed by atoms with Crippen LogP contribution in [-0.4, -0.2) is 67.2 Å². The summed E-state index contributed by atoms with van der Waals surface area (Å²) in [6.45, 7) is 0.448. The first-order chi connectivity index (χ1) is 23.8. The second-order valence-corrected chi connectivity index (χ2v) is 14.4. The van der Waals surface area contributed by atoms with Gasteiger partial charge in [0.15, 0.2) is 0 Å². The lowest BCUT2D eigenvalue weighted by molar-refractivity contribution is -0.115. The summed E-state index contributed by atoms with van der Waals surface area (Å²) in [5.41, 5.74) is 2.54. The third-order valence-corrected chi connectivity index (χ3v) is 9.95. The van der Waals surface area contributed by atoms with Gasteiger partial charge in [0, 0.05) is 37.1 Å². The van der Waals surface area contributed by atoms with Gasteiger partial charge in [-0.1, -0.05) is 22.4 Å². The number of phenols is 4. The topological polar surface area (TPSA) is 204 Å². The summed E-state index contributed by atoms with van der Waals surface area (Å²) in [6.07, 6.45) is 0.627. The van der Waals surface area contributed by atoms with E-state index in [0.717, 1.165) is 11.1 Å². The maximum absolute atomic E-state index is 12.9. The van der Waals surface area contributed by atoms with Gasteiger partial charge in [0.25, 0.3) is 11.8 Å². The Bertz CT molecular complexity index is 1850. The van der Waals surface area contributed by atoms with Gasteiger partial charge in [0.1, 0.15) is 34.4 Å². The molecule has 0 spiro atoms. The van der Waals surface area contributed by atoms with Gasteiger partial charge >= 0.3 is 0 Å². The number of hydrogen-bond donors (Lipinski definition) is 8. The van der Waals surface area contributed by atoms with Crippen LogP contribution in [0.5, 0.6) is 23.0 Å². The number of oxime groups is 2. The zero-order valence-electron chi connectivity index (χ0n) is 25.9. The molecule has 4 aromatic rings. The number of halogens is 4. The molecule has 0 saturated carbocycles. The zero-order valence-corrected chi connectivity index (χ0v) is 32.3. The number of nitrogens with one attached hydrogen (secondary N) is 2. The van der Waals surface area contributed by atoms with Crippen molar-refractivity contribution >= 4 is 87.0 Å². The van der Waals surface area contributed by atoms with Crippen LogP contribution in [0.25, 0.3) is 11.1 Å². The molecule has 12 nitrogen and oxygen atoms in total. The Kier molecular flexibility index (Phi) is 13.7. The molecule has 0 atom stereocenters. The van der Waals surface area contributed by atoms with Crippen LogP contribution in [0.15, 0.2) is 88.9 Å². The van der Waals surface area contributed by atoms with Crippen molar-refractivity contribution in [2.45, 2.75) is 25.7 Å². The minimum absolute atomic E-state index is 0.0959. The van der Waals surface area contributed by atoms with Crippen LogP contribution in [0, 0.1) is 0 Å². The number of benzene rings is 4. The molecule has 0 saturated heterocycles. The molecule has 0 aromatic heterocycles. The van der Waals surface area contributed by atoms with Gasteiger partial charge in [-0.25, -0.2) is 0 Å². The maximum atomic E-state index is 12.9. The molecule has 0 aliphatic carbocycles. The Labute approximate surface area is 320 Å². The highest BCUT2D eigenvalue weighted by molar-refractivity contribution is 9.11. The number of hydrogen-bond acceptors (Lipinski definition) is 10. The molecule has 0 bridgehead atoms. The summed E-state index contributed by atoms with van der Waals surface area (Å²) >= 11 is 13.1. The molecule has 50 heavy (non-hydrogen) atoms. The average Bonchev–Trinajstić information content (AvgIpc) is 3.08. The first-order valence-electron chi connectivity index (χ1n) is 14.8. The average molecular weight is 942 g/mol. The fourth-order valence-electron chi connectivity index (χ4n) is 4.89. The van der Waals surface area contributed by atoms with Crippen molar-refractivity contribution in [1.29, 1.82) is 0 Å². The van der Waals surface area contributed by atoms with Gasteiger partial charge in [-0.2, -0.15) is 0 Å². The van der Waals surface area contributed by atoms with Crippen molar-refractivity contribution < 1.29 is 40.4 Å². The van der Waals surface area contributed by atoms with Crippen LogP contribution in [0.2, 0.25) is 0 Å². The lowest BCUT2D eigenvalue weighted by Gasteiger charge is -2.15. The molecule has 0 aliphatic heterocycles. The number of nitrogens with zero attached hydrogens (tertiary/aromatic N) is 2. The van der Waals surface area contributed by atoms with Crippen molar-refractivity contribution in [3.05, 3.63) is 101 Å². The van der Waals surface area contributed by atoms with Crippen molar-refractivity contribution in [3.63, 3.8) is 0 Å². The van der Waals surface area contributed by atoms with Gasteiger partial charge in [-0.3, -0.25) is 9.59 Å². The fourth-order valence-corrected chi connectivity index (χ4v) is 6.76. The summed E-state index contributed by atoms with van der Waals surface area (Å²) < 4.78 is 1.52. The van der Waals surface area contributed by atoms with Crippen LogP contribution in [-0.2, 0) is 35.3 Å². The minimum atomic E-state index is -0.617. The molecule has 262 valence electrons. The lowest BCUT2D eigenvalue weighted by Crippen LogP contribution is -2.33. The van der Waals surface area contributed by atoms with Gasteiger partial charge in [-0.15, -0.1) is 0 Å². The molecule has 16 heteroatoms. The van der Waals surface area contributed by atoms with Crippen molar-refractivity contribution in [3.8, 4) is 34.1 Å². The smallest absolute Gasteiger partial charge is 0.269 e. The molecule has 0 aliphatic rings. The highest BCUT2D eigenvalue weighted by Gasteiger charge is 2.21. The third-order valence-electron chi connectivity index (χ3n) is 7.47. The Balaban J connectivity index is 1.48. The van der Waals surface area contributed by atoms with E-state index in [-0.39, 0.29) is 80.4 Å². The molecule has 8 N–H and O–H groups in total.